The third-order valence-corrected chi connectivity index (χ3v) is 6.42. The Morgan fingerprint density at radius 3 is 2.41 bits per heavy atom. The highest BCUT2D eigenvalue weighted by Crippen LogP contribution is 2.51. The Bertz CT molecular complexity index is 929. The van der Waals surface area contributed by atoms with E-state index in [4.69, 9.17) is 10.00 Å². The lowest BCUT2D eigenvalue weighted by molar-refractivity contribution is -0.0979. The molecule has 0 saturated heterocycles. The number of fused-ring (bicyclic) bond motifs is 1. The van der Waals surface area contributed by atoms with E-state index < -0.39 is 61.3 Å². The Morgan fingerprint density at radius 1 is 1.30 bits per heavy atom. The highest BCUT2D eigenvalue weighted by Gasteiger charge is 2.55. The first-order chi connectivity index (χ1) is 12.2. The third-order valence-electron chi connectivity index (χ3n) is 4.87. The molecule has 27 heavy (non-hydrogen) atoms. The monoisotopic (exact) mass is 411 g/mol. The summed E-state index contributed by atoms with van der Waals surface area (Å²) in [6.07, 6.45) is -3.79. The van der Waals surface area contributed by atoms with Crippen molar-refractivity contribution in [2.75, 3.05) is 0 Å². The maximum Gasteiger partial charge on any atom is 0.501 e. The molecule has 0 bridgehead atoms. The Kier molecular flexibility index (Phi) is 4.24. The first-order valence-electron chi connectivity index (χ1n) is 7.83. The van der Waals surface area contributed by atoms with Crippen LogP contribution in [0.4, 0.5) is 22.0 Å². The smallest absolute Gasteiger partial charge is 0.490 e. The van der Waals surface area contributed by atoms with Crippen molar-refractivity contribution in [1.29, 1.82) is 5.26 Å². The van der Waals surface area contributed by atoms with E-state index in [0.29, 0.717) is 18.9 Å². The van der Waals surface area contributed by atoms with Crippen molar-refractivity contribution >= 4 is 9.84 Å². The molecule has 0 heterocycles. The topological polar surface area (TPSA) is 87.4 Å². The van der Waals surface area contributed by atoms with Gasteiger partial charge in [0.25, 0.3) is 15.8 Å². The van der Waals surface area contributed by atoms with E-state index in [9.17, 15) is 35.5 Å². The van der Waals surface area contributed by atoms with Crippen LogP contribution in [0.5, 0.6) is 5.75 Å². The third kappa shape index (κ3) is 3.04. The van der Waals surface area contributed by atoms with Gasteiger partial charge in [-0.1, -0.05) is 0 Å². The number of aliphatic hydroxyl groups excluding tert-OH is 1. The molecule has 0 radical (unpaired) electrons. The minimum absolute atomic E-state index is 0.215. The lowest BCUT2D eigenvalue weighted by atomic mass is 9.69. The number of hydrogen-bond donors (Lipinski definition) is 1. The van der Waals surface area contributed by atoms with E-state index in [2.05, 4.69) is 6.07 Å². The molecular formula is C16H14F5NO4S. The van der Waals surface area contributed by atoms with Gasteiger partial charge in [-0.25, -0.2) is 17.2 Å². The largest absolute Gasteiger partial charge is 0.501 e. The molecule has 3 rings (SSSR count). The summed E-state index contributed by atoms with van der Waals surface area (Å²) < 4.78 is 95.6. The van der Waals surface area contributed by atoms with Crippen LogP contribution in [0.3, 0.4) is 0 Å². The summed E-state index contributed by atoms with van der Waals surface area (Å²) in [4.78, 5) is -1.41. The van der Waals surface area contributed by atoms with Crippen molar-refractivity contribution in [3.8, 4) is 11.8 Å². The molecule has 2 aliphatic carbocycles. The maximum absolute atomic E-state index is 14.0. The minimum atomic E-state index is -5.94. The molecule has 0 unspecified atom stereocenters. The molecule has 148 valence electrons. The van der Waals surface area contributed by atoms with Crippen LogP contribution >= 0.6 is 0 Å². The molecule has 1 atom stereocenters. The highest BCUT2D eigenvalue weighted by molar-refractivity contribution is 7.92. The zero-order valence-corrected chi connectivity index (χ0v) is 14.7. The Labute approximate surface area is 151 Å². The fourth-order valence-electron chi connectivity index (χ4n) is 3.42. The summed E-state index contributed by atoms with van der Waals surface area (Å²) in [6.45, 7) is 1.67. The van der Waals surface area contributed by atoms with E-state index in [1.54, 1.807) is 6.92 Å². The van der Waals surface area contributed by atoms with Crippen molar-refractivity contribution < 1.29 is 40.2 Å². The second kappa shape index (κ2) is 5.78. The summed E-state index contributed by atoms with van der Waals surface area (Å²) in [7, 11) is -5.94. The standard InChI is InChI=1S/C16H14F5NO4S/c1-14(7-22)4-8(5-14)26-10-2-3-11(27(24,25)16(19,20)21)12-9(10)6-15(17,18)13(12)23/h2-3,8,13,23H,4-6H2,1H3/t8?,13-,14?/m0/s1. The molecule has 1 N–H and O–H groups in total. The summed E-state index contributed by atoms with van der Waals surface area (Å²) in [6, 6.07) is 3.47. The number of rotatable bonds is 3. The first kappa shape index (κ1) is 19.8. The predicted octanol–water partition coefficient (Wildman–Crippen LogP) is 3.28. The van der Waals surface area contributed by atoms with Crippen molar-refractivity contribution in [3.05, 3.63) is 23.3 Å². The SMILES string of the molecule is CC1(C#N)CC(Oc2ccc(S(=O)(=O)C(F)(F)F)c3c2CC(F)(F)[C@H]3O)C1. The minimum Gasteiger partial charge on any atom is -0.490 e. The quantitative estimate of drug-likeness (QED) is 0.772. The molecule has 0 aromatic heterocycles. The lowest BCUT2D eigenvalue weighted by Gasteiger charge is -2.39. The number of aliphatic hydroxyl groups is 1. The van der Waals surface area contributed by atoms with Gasteiger partial charge in [0.15, 0.2) is 0 Å². The molecular weight excluding hydrogens is 397 g/mol. The molecule has 0 amide bonds. The van der Waals surface area contributed by atoms with Crippen LogP contribution in [0.2, 0.25) is 0 Å². The number of alkyl halides is 5. The summed E-state index contributed by atoms with van der Waals surface area (Å²) in [5.74, 6) is -4.05. The van der Waals surface area contributed by atoms with E-state index in [1.165, 1.54) is 0 Å². The van der Waals surface area contributed by atoms with E-state index >= 15 is 0 Å². The van der Waals surface area contributed by atoms with Crippen LogP contribution in [0.15, 0.2) is 17.0 Å². The number of sulfone groups is 1. The molecule has 0 spiro atoms. The van der Waals surface area contributed by atoms with Crippen LogP contribution in [-0.4, -0.2) is 31.1 Å². The Morgan fingerprint density at radius 2 is 1.89 bits per heavy atom. The van der Waals surface area contributed by atoms with Gasteiger partial charge in [0, 0.05) is 30.4 Å². The predicted molar refractivity (Wildman–Crippen MR) is 80.7 cm³/mol. The average molecular weight is 411 g/mol. The number of hydrogen-bond acceptors (Lipinski definition) is 5. The Balaban J connectivity index is 2.05. The van der Waals surface area contributed by atoms with E-state index in [0.717, 1.165) is 6.07 Å². The van der Waals surface area contributed by atoms with E-state index in [1.807, 2.05) is 0 Å². The number of halogens is 5. The molecule has 2 aliphatic rings. The molecule has 1 aromatic carbocycles. The molecule has 1 fully saturated rings. The highest BCUT2D eigenvalue weighted by atomic mass is 32.2. The first-order valence-corrected chi connectivity index (χ1v) is 9.31. The molecule has 5 nitrogen and oxygen atoms in total. The number of nitriles is 1. The van der Waals surface area contributed by atoms with Crippen molar-refractivity contribution in [2.24, 2.45) is 5.41 Å². The number of benzene rings is 1. The van der Waals surface area contributed by atoms with E-state index in [-0.39, 0.29) is 5.75 Å². The van der Waals surface area contributed by atoms with Gasteiger partial charge in [-0.3, -0.25) is 0 Å². The normalized spacial score (nSPS) is 29.6. The molecule has 1 saturated carbocycles. The van der Waals surface area contributed by atoms with Crippen molar-refractivity contribution in [3.63, 3.8) is 0 Å². The van der Waals surface area contributed by atoms with Gasteiger partial charge in [-0.2, -0.15) is 18.4 Å². The Hall–Kier alpha value is -1.93. The van der Waals surface area contributed by atoms with Gasteiger partial charge in [-0.05, 0) is 19.1 Å². The van der Waals surface area contributed by atoms with Gasteiger partial charge in [0.2, 0.25) is 0 Å². The van der Waals surface area contributed by atoms with Gasteiger partial charge in [-0.15, -0.1) is 0 Å². The van der Waals surface area contributed by atoms with Crippen molar-refractivity contribution in [1.82, 2.24) is 0 Å². The van der Waals surface area contributed by atoms with Gasteiger partial charge >= 0.3 is 5.51 Å². The van der Waals surface area contributed by atoms with Crippen LogP contribution in [0, 0.1) is 16.7 Å². The second-order valence-electron chi connectivity index (χ2n) is 7.06. The van der Waals surface area contributed by atoms with Crippen LogP contribution in [0.25, 0.3) is 0 Å². The van der Waals surface area contributed by atoms with Crippen molar-refractivity contribution in [2.45, 2.75) is 54.7 Å². The maximum atomic E-state index is 14.0. The zero-order valence-electron chi connectivity index (χ0n) is 13.8. The lowest BCUT2D eigenvalue weighted by Crippen LogP contribution is -2.41. The fourth-order valence-corrected chi connectivity index (χ4v) is 4.44. The van der Waals surface area contributed by atoms with Crippen LogP contribution in [-0.2, 0) is 16.3 Å². The van der Waals surface area contributed by atoms with Gasteiger partial charge in [0.1, 0.15) is 18.0 Å². The number of nitrogens with zero attached hydrogens (tertiary/aromatic N) is 1. The van der Waals surface area contributed by atoms with Gasteiger partial charge < -0.3 is 9.84 Å². The molecule has 1 aromatic rings. The van der Waals surface area contributed by atoms with Crippen LogP contribution in [0.1, 0.15) is 37.0 Å². The average Bonchev–Trinajstić information content (AvgIpc) is 2.75. The summed E-state index contributed by atoms with van der Waals surface area (Å²) in [5, 5.41) is 18.8. The molecule has 0 aliphatic heterocycles. The van der Waals surface area contributed by atoms with Crippen LogP contribution < -0.4 is 4.74 Å². The fraction of sp³-hybridized carbons (Fsp3) is 0.562. The zero-order chi connectivity index (χ0) is 20.4. The number of ether oxygens (including phenoxy) is 1. The summed E-state index contributed by atoms with van der Waals surface area (Å²) in [5.41, 5.74) is -7.80. The second-order valence-corrected chi connectivity index (χ2v) is 8.97. The van der Waals surface area contributed by atoms with Gasteiger partial charge in [0.05, 0.1) is 16.4 Å². The summed E-state index contributed by atoms with van der Waals surface area (Å²) >= 11 is 0. The molecule has 11 heteroatoms.